The molecule has 0 aromatic heterocycles. The van der Waals surface area contributed by atoms with Crippen molar-refractivity contribution in [3.63, 3.8) is 0 Å². The molecule has 0 spiro atoms. The highest BCUT2D eigenvalue weighted by atomic mass is 16.4. The number of hydrogen-bond donors (Lipinski definition) is 2. The number of carbonyl (C=O) groups is 3. The molecule has 3 atom stereocenters. The van der Waals surface area contributed by atoms with E-state index in [1.165, 1.54) is 124 Å². The molecule has 2 N–H and O–H groups in total. The van der Waals surface area contributed by atoms with E-state index in [9.17, 15) is 29.7 Å². The van der Waals surface area contributed by atoms with Crippen LogP contribution in [0.1, 0.15) is 156 Å². The summed E-state index contributed by atoms with van der Waals surface area (Å²) in [5, 5.41) is 30.9. The van der Waals surface area contributed by atoms with Crippen LogP contribution in [0, 0.1) is 0 Å². The Morgan fingerprint density at radius 1 is 0.575 bits per heavy atom. The number of aliphatic carboxylic acids is 3. The van der Waals surface area contributed by atoms with E-state index in [1.54, 1.807) is 0 Å². The minimum absolute atomic E-state index is 0.156. The zero-order valence-electron chi connectivity index (χ0n) is 26.2. The predicted molar refractivity (Wildman–Crippen MR) is 161 cm³/mol. The van der Waals surface area contributed by atoms with Crippen LogP contribution in [0.2, 0.25) is 0 Å². The first-order valence-electron chi connectivity index (χ1n) is 16.3. The van der Waals surface area contributed by atoms with Crippen molar-refractivity contribution in [2.75, 3.05) is 6.54 Å². The first-order chi connectivity index (χ1) is 19.1. The van der Waals surface area contributed by atoms with Gasteiger partial charge in [0.05, 0.1) is 12.5 Å². The molecular weight excluding hydrogens is 506 g/mol. The van der Waals surface area contributed by atoms with Crippen LogP contribution in [0.4, 0.5) is 0 Å². The summed E-state index contributed by atoms with van der Waals surface area (Å²) in [4.78, 5) is 35.3. The van der Waals surface area contributed by atoms with E-state index in [-0.39, 0.29) is 6.54 Å². The molecule has 0 aromatic rings. The summed E-state index contributed by atoms with van der Waals surface area (Å²) < 4.78 is -0.560. The van der Waals surface area contributed by atoms with Crippen molar-refractivity contribution in [1.29, 1.82) is 0 Å². The van der Waals surface area contributed by atoms with E-state index in [0.29, 0.717) is 6.42 Å². The topological polar surface area (TPSA) is 115 Å². The summed E-state index contributed by atoms with van der Waals surface area (Å²) in [5.74, 6) is -3.85. The van der Waals surface area contributed by atoms with Gasteiger partial charge in [-0.15, -0.1) is 0 Å². The van der Waals surface area contributed by atoms with Gasteiger partial charge < -0.3 is 20.1 Å². The first-order valence-corrected chi connectivity index (χ1v) is 16.3. The maximum atomic E-state index is 11.8. The molecule has 0 saturated heterocycles. The quantitative estimate of drug-likeness (QED) is 0.0584. The third-order valence-electron chi connectivity index (χ3n) is 8.78. The summed E-state index contributed by atoms with van der Waals surface area (Å²) in [5.41, 5.74) is 0. The van der Waals surface area contributed by atoms with Crippen LogP contribution in [-0.4, -0.2) is 57.3 Å². The molecule has 0 aliphatic heterocycles. The molecule has 0 aliphatic carbocycles. The Morgan fingerprint density at radius 2 is 0.900 bits per heavy atom. The lowest BCUT2D eigenvalue weighted by Crippen LogP contribution is -2.72. The zero-order chi connectivity index (χ0) is 30.2. The highest BCUT2D eigenvalue weighted by Crippen LogP contribution is 2.27. The molecular formula is C33H61NO6. The van der Waals surface area contributed by atoms with E-state index in [1.807, 2.05) is 0 Å². The fourth-order valence-corrected chi connectivity index (χ4v) is 5.89. The summed E-state index contributed by atoms with van der Waals surface area (Å²) in [6, 6.07) is -3.60. The van der Waals surface area contributed by atoms with Gasteiger partial charge in [-0.2, -0.15) is 0 Å². The van der Waals surface area contributed by atoms with Crippen molar-refractivity contribution in [2.45, 2.75) is 174 Å². The van der Waals surface area contributed by atoms with Crippen molar-refractivity contribution in [3.8, 4) is 0 Å². The first kappa shape index (κ1) is 38.1. The van der Waals surface area contributed by atoms with Gasteiger partial charge in [0.2, 0.25) is 0 Å². The number of hydrogen-bond acceptors (Lipinski definition) is 4. The number of unbranched alkanes of at least 4 members (excludes halogenated alkanes) is 18. The van der Waals surface area contributed by atoms with Crippen molar-refractivity contribution in [2.24, 2.45) is 0 Å². The van der Waals surface area contributed by atoms with Gasteiger partial charge in [-0.3, -0.25) is 4.48 Å². The Balaban J connectivity index is 4.03. The van der Waals surface area contributed by atoms with Crippen LogP contribution in [-0.2, 0) is 14.4 Å². The molecule has 0 saturated carbocycles. The average Bonchev–Trinajstić information content (AvgIpc) is 2.92. The lowest BCUT2D eigenvalue weighted by atomic mass is 10.0. The van der Waals surface area contributed by atoms with Crippen molar-refractivity contribution in [1.82, 2.24) is 0 Å². The predicted octanol–water partition coefficient (Wildman–Crippen LogP) is 7.27. The Bertz CT molecular complexity index is 657. The third kappa shape index (κ3) is 15.8. The van der Waals surface area contributed by atoms with Crippen LogP contribution in [0.5, 0.6) is 0 Å². The highest BCUT2D eigenvalue weighted by Gasteiger charge is 2.50. The molecule has 0 heterocycles. The molecule has 7 nitrogen and oxygen atoms in total. The molecule has 40 heavy (non-hydrogen) atoms. The maximum Gasteiger partial charge on any atom is 0.362 e. The lowest BCUT2D eigenvalue weighted by molar-refractivity contribution is -0.969. The molecule has 0 amide bonds. The Hall–Kier alpha value is -1.89. The van der Waals surface area contributed by atoms with Gasteiger partial charge in [-0.05, 0) is 52.9 Å². The smallest absolute Gasteiger partial charge is 0.362 e. The fraction of sp³-hybridized carbons (Fsp3) is 0.848. The lowest BCUT2D eigenvalue weighted by Gasteiger charge is -2.49. The largest absolute Gasteiger partial charge is 0.544 e. The number of nitrogens with zero attached hydrogens (tertiary/aromatic N) is 1. The molecule has 0 radical (unpaired) electrons. The van der Waals surface area contributed by atoms with Crippen molar-refractivity contribution < 1.29 is 34.2 Å². The molecule has 0 bridgehead atoms. The van der Waals surface area contributed by atoms with Crippen LogP contribution < -0.4 is 5.11 Å². The summed E-state index contributed by atoms with van der Waals surface area (Å²) in [6.07, 6.45) is 29.2. The van der Waals surface area contributed by atoms with E-state index >= 15 is 0 Å². The Kier molecular flexibility index (Phi) is 22.7. The van der Waals surface area contributed by atoms with Crippen molar-refractivity contribution >= 4 is 17.9 Å². The normalized spacial score (nSPS) is 15.5. The van der Waals surface area contributed by atoms with Gasteiger partial charge in [-0.1, -0.05) is 115 Å². The van der Waals surface area contributed by atoms with E-state index in [2.05, 4.69) is 19.1 Å². The number of quaternary nitrogens is 1. The molecule has 0 aliphatic rings. The summed E-state index contributed by atoms with van der Waals surface area (Å²) >= 11 is 0. The van der Waals surface area contributed by atoms with E-state index in [4.69, 9.17) is 0 Å². The van der Waals surface area contributed by atoms with E-state index < -0.39 is 40.5 Å². The summed E-state index contributed by atoms with van der Waals surface area (Å²) in [6.45, 7) is 6.55. The second kappa shape index (κ2) is 23.8. The van der Waals surface area contributed by atoms with Gasteiger partial charge in [-0.25, -0.2) is 9.59 Å². The molecule has 0 rings (SSSR count). The molecule has 3 unspecified atom stereocenters. The van der Waals surface area contributed by atoms with Gasteiger partial charge in [0, 0.05) is 0 Å². The van der Waals surface area contributed by atoms with Crippen LogP contribution in [0.25, 0.3) is 0 Å². The van der Waals surface area contributed by atoms with Crippen molar-refractivity contribution in [3.05, 3.63) is 12.2 Å². The zero-order valence-corrected chi connectivity index (χ0v) is 26.2. The highest BCUT2D eigenvalue weighted by molar-refractivity contribution is 5.76. The SMILES string of the molecule is CCCCCCCCCCCCCCCCCC/C=C/CCCC[N+](C(C)C(=O)[O-])(C(C)C(=O)O)C(C)C(=O)O. The number of carbonyl (C=O) groups excluding carboxylic acids is 1. The molecule has 7 heteroatoms. The standard InChI is InChI=1S/C33H61NO6/c1-5-6-7-8-9-10-11-12-13-14-15-16-17-18-19-20-21-22-23-24-25-26-27-34(28(2)31(35)36,29(3)32(37)38)30(4)33(39)40/h22-23,28-30H,5-21,24-27H2,1-4H3,(H2-,35,36,37,38,39,40)/b23-22+. The molecule has 0 aromatic carbocycles. The van der Waals surface area contributed by atoms with Gasteiger partial charge in [0.25, 0.3) is 0 Å². The van der Waals surface area contributed by atoms with E-state index in [0.717, 1.165) is 19.3 Å². The van der Waals surface area contributed by atoms with Gasteiger partial charge >= 0.3 is 11.9 Å². The Labute approximate surface area is 245 Å². The number of carboxylic acid groups (broad SMARTS) is 3. The van der Waals surface area contributed by atoms with Gasteiger partial charge in [0.15, 0.2) is 12.1 Å². The minimum Gasteiger partial charge on any atom is -0.544 e. The second-order valence-corrected chi connectivity index (χ2v) is 11.8. The van der Waals surface area contributed by atoms with Crippen LogP contribution in [0.15, 0.2) is 12.2 Å². The number of carboxylic acids is 3. The molecule has 0 fully saturated rings. The van der Waals surface area contributed by atoms with Gasteiger partial charge in [0.1, 0.15) is 6.04 Å². The third-order valence-corrected chi connectivity index (χ3v) is 8.78. The monoisotopic (exact) mass is 567 g/mol. The number of allylic oxidation sites excluding steroid dienone is 2. The average molecular weight is 568 g/mol. The number of rotatable bonds is 28. The minimum atomic E-state index is -1.43. The maximum absolute atomic E-state index is 11.8. The van der Waals surface area contributed by atoms with Crippen LogP contribution in [0.3, 0.4) is 0 Å². The second-order valence-electron chi connectivity index (χ2n) is 11.8. The Morgan fingerprint density at radius 3 is 1.23 bits per heavy atom. The summed E-state index contributed by atoms with van der Waals surface area (Å²) in [7, 11) is 0. The molecule has 234 valence electrons. The van der Waals surface area contributed by atoms with Crippen LogP contribution >= 0.6 is 0 Å². The fourth-order valence-electron chi connectivity index (χ4n) is 5.89.